The standard InChI is InChI=1S/C18H16ClN3O3/c19-15-10-13(11-20)6-7-16(15)25-12-18(24)22(9-8-17(21)23)14-4-2-1-3-5-14/h1-7,10H,8-9,12H2,(H2,21,23). The summed E-state index contributed by atoms with van der Waals surface area (Å²) < 4.78 is 5.46. The second-order valence-corrected chi connectivity index (χ2v) is 5.55. The van der Waals surface area contributed by atoms with E-state index in [4.69, 9.17) is 27.3 Å². The van der Waals surface area contributed by atoms with E-state index in [0.717, 1.165) is 0 Å². The zero-order valence-corrected chi connectivity index (χ0v) is 14.1. The van der Waals surface area contributed by atoms with E-state index in [1.807, 2.05) is 12.1 Å². The van der Waals surface area contributed by atoms with Crippen LogP contribution >= 0.6 is 11.6 Å². The van der Waals surface area contributed by atoms with Gasteiger partial charge in [0.25, 0.3) is 5.91 Å². The minimum atomic E-state index is -0.496. The molecule has 0 fully saturated rings. The van der Waals surface area contributed by atoms with Crippen molar-refractivity contribution in [3.05, 3.63) is 59.1 Å². The van der Waals surface area contributed by atoms with E-state index in [9.17, 15) is 9.59 Å². The van der Waals surface area contributed by atoms with Crippen LogP contribution in [0.1, 0.15) is 12.0 Å². The van der Waals surface area contributed by atoms with Crippen LogP contribution in [0.5, 0.6) is 5.75 Å². The number of halogens is 1. The molecule has 128 valence electrons. The lowest BCUT2D eigenvalue weighted by Crippen LogP contribution is -2.37. The predicted octanol–water partition coefficient (Wildman–Crippen LogP) is 2.50. The Morgan fingerprint density at radius 1 is 1.20 bits per heavy atom. The van der Waals surface area contributed by atoms with Crippen LogP contribution in [0.2, 0.25) is 5.02 Å². The molecule has 0 heterocycles. The summed E-state index contributed by atoms with van der Waals surface area (Å²) in [5.41, 5.74) is 6.22. The van der Waals surface area contributed by atoms with Gasteiger partial charge < -0.3 is 15.4 Å². The number of nitrogens with zero attached hydrogens (tertiary/aromatic N) is 2. The first kappa shape index (κ1) is 18.3. The van der Waals surface area contributed by atoms with Crippen molar-refractivity contribution < 1.29 is 14.3 Å². The van der Waals surface area contributed by atoms with Crippen LogP contribution in [0.3, 0.4) is 0 Å². The zero-order chi connectivity index (χ0) is 18.2. The fraction of sp³-hybridized carbons (Fsp3) is 0.167. The quantitative estimate of drug-likeness (QED) is 0.823. The molecule has 2 aromatic rings. The monoisotopic (exact) mass is 357 g/mol. The number of hydrogen-bond acceptors (Lipinski definition) is 4. The molecular weight excluding hydrogens is 342 g/mol. The van der Waals surface area contributed by atoms with Gasteiger partial charge in [0.15, 0.2) is 6.61 Å². The third-order valence-corrected chi connectivity index (χ3v) is 3.66. The predicted molar refractivity (Wildman–Crippen MR) is 94.3 cm³/mol. The first-order chi connectivity index (χ1) is 12.0. The Kier molecular flexibility index (Phi) is 6.38. The lowest BCUT2D eigenvalue weighted by molar-refractivity contribution is -0.120. The van der Waals surface area contributed by atoms with Gasteiger partial charge in [-0.1, -0.05) is 29.8 Å². The lowest BCUT2D eigenvalue weighted by atomic mass is 10.2. The van der Waals surface area contributed by atoms with Gasteiger partial charge in [-0.05, 0) is 30.3 Å². The van der Waals surface area contributed by atoms with Crippen molar-refractivity contribution in [3.8, 4) is 11.8 Å². The Balaban J connectivity index is 2.09. The maximum absolute atomic E-state index is 12.5. The number of hydrogen-bond donors (Lipinski definition) is 1. The second kappa shape index (κ2) is 8.71. The van der Waals surface area contributed by atoms with Gasteiger partial charge in [0.05, 0.1) is 16.7 Å². The highest BCUT2D eigenvalue weighted by atomic mass is 35.5. The molecule has 2 N–H and O–H groups in total. The summed E-state index contributed by atoms with van der Waals surface area (Å²) in [5, 5.41) is 9.07. The Morgan fingerprint density at radius 2 is 1.92 bits per heavy atom. The highest BCUT2D eigenvalue weighted by Crippen LogP contribution is 2.25. The smallest absolute Gasteiger partial charge is 0.264 e. The molecule has 25 heavy (non-hydrogen) atoms. The van der Waals surface area contributed by atoms with Crippen molar-refractivity contribution in [3.63, 3.8) is 0 Å². The fourth-order valence-electron chi connectivity index (χ4n) is 2.13. The SMILES string of the molecule is N#Cc1ccc(OCC(=O)N(CCC(N)=O)c2ccccc2)c(Cl)c1. The van der Waals surface area contributed by atoms with Crippen LogP contribution in [-0.2, 0) is 9.59 Å². The summed E-state index contributed by atoms with van der Waals surface area (Å²) in [6.07, 6.45) is 0.0399. The number of carbonyl (C=O) groups excluding carboxylic acids is 2. The molecule has 0 unspecified atom stereocenters. The van der Waals surface area contributed by atoms with Gasteiger partial charge in [0, 0.05) is 18.7 Å². The number of carbonyl (C=O) groups is 2. The highest BCUT2D eigenvalue weighted by Gasteiger charge is 2.17. The van der Waals surface area contributed by atoms with Gasteiger partial charge >= 0.3 is 0 Å². The normalized spacial score (nSPS) is 9.92. The third kappa shape index (κ3) is 5.23. The minimum Gasteiger partial charge on any atom is -0.482 e. The molecule has 0 spiro atoms. The summed E-state index contributed by atoms with van der Waals surface area (Å²) in [5.74, 6) is -0.533. The molecule has 6 nitrogen and oxygen atoms in total. The van der Waals surface area contributed by atoms with Crippen LogP contribution in [-0.4, -0.2) is 25.0 Å². The molecule has 2 aromatic carbocycles. The molecule has 0 aliphatic rings. The number of nitrogens with two attached hydrogens (primary N) is 1. The largest absolute Gasteiger partial charge is 0.482 e. The average Bonchev–Trinajstić information content (AvgIpc) is 2.61. The van der Waals surface area contributed by atoms with E-state index in [-0.39, 0.29) is 30.5 Å². The number of nitriles is 1. The van der Waals surface area contributed by atoms with Crippen LogP contribution in [0.4, 0.5) is 5.69 Å². The minimum absolute atomic E-state index is 0.0399. The zero-order valence-electron chi connectivity index (χ0n) is 13.3. The van der Waals surface area contributed by atoms with Crippen molar-refractivity contribution in [2.24, 2.45) is 5.73 Å². The first-order valence-corrected chi connectivity index (χ1v) is 7.85. The summed E-state index contributed by atoms with van der Waals surface area (Å²) in [4.78, 5) is 25.0. The fourth-order valence-corrected chi connectivity index (χ4v) is 2.37. The molecule has 0 saturated heterocycles. The van der Waals surface area contributed by atoms with Gasteiger partial charge in [-0.25, -0.2) is 0 Å². The molecule has 0 radical (unpaired) electrons. The first-order valence-electron chi connectivity index (χ1n) is 7.47. The van der Waals surface area contributed by atoms with E-state index in [0.29, 0.717) is 17.0 Å². The van der Waals surface area contributed by atoms with Crippen molar-refractivity contribution in [2.75, 3.05) is 18.1 Å². The molecule has 0 saturated carbocycles. The lowest BCUT2D eigenvalue weighted by Gasteiger charge is -2.22. The number of ether oxygens (including phenoxy) is 1. The number of benzene rings is 2. The van der Waals surface area contributed by atoms with Gasteiger partial charge in [0.2, 0.25) is 5.91 Å². The summed E-state index contributed by atoms with van der Waals surface area (Å²) in [7, 11) is 0. The summed E-state index contributed by atoms with van der Waals surface area (Å²) >= 11 is 6.03. The molecule has 0 atom stereocenters. The number of primary amides is 1. The molecule has 7 heteroatoms. The maximum atomic E-state index is 12.5. The second-order valence-electron chi connectivity index (χ2n) is 5.14. The van der Waals surface area contributed by atoms with Crippen LogP contribution < -0.4 is 15.4 Å². The Hall–Kier alpha value is -3.04. The topological polar surface area (TPSA) is 96.4 Å². The average molecular weight is 358 g/mol. The van der Waals surface area contributed by atoms with Crippen molar-refractivity contribution in [1.82, 2.24) is 0 Å². The van der Waals surface area contributed by atoms with Crippen molar-refractivity contribution in [1.29, 1.82) is 5.26 Å². The van der Waals surface area contributed by atoms with Gasteiger partial charge in [-0.2, -0.15) is 5.26 Å². The van der Waals surface area contributed by atoms with Crippen LogP contribution in [0.25, 0.3) is 0 Å². The van der Waals surface area contributed by atoms with Gasteiger partial charge in [0.1, 0.15) is 5.75 Å². The van der Waals surface area contributed by atoms with E-state index >= 15 is 0 Å². The van der Waals surface area contributed by atoms with Gasteiger partial charge in [-0.3, -0.25) is 9.59 Å². The summed E-state index contributed by atoms with van der Waals surface area (Å²) in [6, 6.07) is 15.4. The van der Waals surface area contributed by atoms with E-state index < -0.39 is 5.91 Å². The molecular formula is C18H16ClN3O3. The molecule has 2 amide bonds. The Morgan fingerprint density at radius 3 is 2.52 bits per heavy atom. The van der Waals surface area contributed by atoms with E-state index in [1.165, 1.54) is 17.0 Å². The Bertz CT molecular complexity index is 803. The van der Waals surface area contributed by atoms with Crippen molar-refractivity contribution in [2.45, 2.75) is 6.42 Å². The maximum Gasteiger partial charge on any atom is 0.264 e. The van der Waals surface area contributed by atoms with E-state index in [1.54, 1.807) is 30.3 Å². The molecule has 0 aromatic heterocycles. The number of amides is 2. The summed E-state index contributed by atoms with van der Waals surface area (Å²) in [6.45, 7) is -0.109. The third-order valence-electron chi connectivity index (χ3n) is 3.36. The van der Waals surface area contributed by atoms with Crippen LogP contribution in [0.15, 0.2) is 48.5 Å². The van der Waals surface area contributed by atoms with E-state index in [2.05, 4.69) is 0 Å². The number of para-hydroxylation sites is 1. The molecule has 0 aliphatic heterocycles. The highest BCUT2D eigenvalue weighted by molar-refractivity contribution is 6.32. The van der Waals surface area contributed by atoms with Crippen molar-refractivity contribution >= 4 is 29.1 Å². The Labute approximate surface area is 150 Å². The van der Waals surface area contributed by atoms with Crippen LogP contribution in [0, 0.1) is 11.3 Å². The molecule has 0 bridgehead atoms. The molecule has 0 aliphatic carbocycles. The molecule has 2 rings (SSSR count). The number of anilines is 1. The number of rotatable bonds is 7. The van der Waals surface area contributed by atoms with Gasteiger partial charge in [-0.15, -0.1) is 0 Å².